The quantitative estimate of drug-likeness (QED) is 0.270. The third-order valence-corrected chi connectivity index (χ3v) is 4.85. The highest BCUT2D eigenvalue weighted by Crippen LogP contribution is 2.14. The van der Waals surface area contributed by atoms with Crippen LogP contribution in [-0.2, 0) is 0 Å². The molecule has 2 N–H and O–H groups in total. The zero-order valence-electron chi connectivity index (χ0n) is 15.9. The van der Waals surface area contributed by atoms with E-state index in [1.807, 2.05) is 0 Å². The van der Waals surface area contributed by atoms with Crippen molar-refractivity contribution in [2.24, 2.45) is 0 Å². The van der Waals surface area contributed by atoms with Crippen LogP contribution in [0.4, 0.5) is 0 Å². The molecule has 0 spiro atoms. The summed E-state index contributed by atoms with van der Waals surface area (Å²) in [6.07, 6.45) is 23.7. The molecule has 23 heavy (non-hydrogen) atoms. The van der Waals surface area contributed by atoms with Gasteiger partial charge in [0.05, 0.1) is 12.7 Å². The largest absolute Gasteiger partial charge is 0.394 e. The van der Waals surface area contributed by atoms with Gasteiger partial charge in [0, 0.05) is 0 Å². The van der Waals surface area contributed by atoms with E-state index in [2.05, 4.69) is 6.92 Å². The van der Waals surface area contributed by atoms with Crippen LogP contribution in [0.2, 0.25) is 0 Å². The van der Waals surface area contributed by atoms with Crippen LogP contribution in [0.5, 0.6) is 0 Å². The lowest BCUT2D eigenvalue weighted by Crippen LogP contribution is -2.10. The average Bonchev–Trinajstić information content (AvgIpc) is 2.57. The molecule has 0 fully saturated rings. The van der Waals surface area contributed by atoms with Crippen LogP contribution in [0.1, 0.15) is 122 Å². The summed E-state index contributed by atoms with van der Waals surface area (Å²) in [6, 6.07) is 0. The van der Waals surface area contributed by atoms with Crippen molar-refractivity contribution >= 4 is 0 Å². The standard InChI is InChI=1S/C21H44O2/c1-2-3-4-5-6-7-8-9-10-11-12-13-14-15-16-17-18-19-21(23)20-22/h21-23H,2-20H2,1H3/t21-/m0/s1. The molecule has 0 unspecified atom stereocenters. The van der Waals surface area contributed by atoms with Crippen molar-refractivity contribution in [2.45, 2.75) is 129 Å². The minimum absolute atomic E-state index is 0.0845. The second kappa shape index (κ2) is 20.0. The van der Waals surface area contributed by atoms with Gasteiger partial charge in [-0.3, -0.25) is 0 Å². The molecule has 0 saturated heterocycles. The minimum Gasteiger partial charge on any atom is -0.394 e. The molecule has 0 saturated carbocycles. The van der Waals surface area contributed by atoms with Gasteiger partial charge in [0.1, 0.15) is 0 Å². The molecule has 0 aliphatic rings. The van der Waals surface area contributed by atoms with Gasteiger partial charge in [0.2, 0.25) is 0 Å². The number of aliphatic hydroxyl groups excluding tert-OH is 2. The van der Waals surface area contributed by atoms with Gasteiger partial charge in [-0.1, -0.05) is 116 Å². The monoisotopic (exact) mass is 328 g/mol. The smallest absolute Gasteiger partial charge is 0.0770 e. The predicted octanol–water partition coefficient (Wildman–Crippen LogP) is 6.38. The first-order chi connectivity index (χ1) is 11.3. The first-order valence-electron chi connectivity index (χ1n) is 10.6. The topological polar surface area (TPSA) is 40.5 Å². The minimum atomic E-state index is -0.494. The van der Waals surface area contributed by atoms with E-state index in [4.69, 9.17) is 5.11 Å². The van der Waals surface area contributed by atoms with Gasteiger partial charge in [0.15, 0.2) is 0 Å². The predicted molar refractivity (Wildman–Crippen MR) is 102 cm³/mol. The molecule has 0 heterocycles. The Bertz CT molecular complexity index is 206. The zero-order chi connectivity index (χ0) is 17.0. The molecule has 0 aromatic heterocycles. The fraction of sp³-hybridized carbons (Fsp3) is 1.00. The second-order valence-electron chi connectivity index (χ2n) is 7.28. The van der Waals surface area contributed by atoms with Gasteiger partial charge in [-0.2, -0.15) is 0 Å². The van der Waals surface area contributed by atoms with Crippen molar-refractivity contribution in [3.8, 4) is 0 Å². The molecule has 140 valence electrons. The fourth-order valence-corrected chi connectivity index (χ4v) is 3.20. The molecule has 2 heteroatoms. The van der Waals surface area contributed by atoms with E-state index >= 15 is 0 Å². The van der Waals surface area contributed by atoms with Gasteiger partial charge < -0.3 is 10.2 Å². The van der Waals surface area contributed by atoms with Crippen molar-refractivity contribution in [3.63, 3.8) is 0 Å². The van der Waals surface area contributed by atoms with E-state index < -0.39 is 6.10 Å². The SMILES string of the molecule is CCCCCCCCCCCCCCCCCCC[C@H](O)CO. The molecule has 0 aromatic rings. The molecule has 0 aromatic carbocycles. The van der Waals surface area contributed by atoms with Gasteiger partial charge in [-0.15, -0.1) is 0 Å². The summed E-state index contributed by atoms with van der Waals surface area (Å²) in [5, 5.41) is 18.0. The van der Waals surface area contributed by atoms with Crippen molar-refractivity contribution in [2.75, 3.05) is 6.61 Å². The maximum atomic E-state index is 9.23. The summed E-state index contributed by atoms with van der Waals surface area (Å²) in [5.74, 6) is 0. The number of unbranched alkanes of at least 4 members (excludes halogenated alkanes) is 16. The van der Waals surface area contributed by atoms with Crippen molar-refractivity contribution < 1.29 is 10.2 Å². The Morgan fingerprint density at radius 2 is 0.826 bits per heavy atom. The molecule has 0 amide bonds. The van der Waals surface area contributed by atoms with Crippen molar-refractivity contribution in [3.05, 3.63) is 0 Å². The molecular formula is C21H44O2. The van der Waals surface area contributed by atoms with Gasteiger partial charge in [-0.05, 0) is 6.42 Å². The number of hydrogen-bond acceptors (Lipinski definition) is 2. The molecular weight excluding hydrogens is 284 g/mol. The first-order valence-corrected chi connectivity index (χ1v) is 10.6. The number of rotatable bonds is 19. The highest BCUT2D eigenvalue weighted by Gasteiger charge is 2.00. The number of hydrogen-bond donors (Lipinski definition) is 2. The normalized spacial score (nSPS) is 12.7. The first kappa shape index (κ1) is 22.9. The van der Waals surface area contributed by atoms with Gasteiger partial charge in [0.25, 0.3) is 0 Å². The maximum absolute atomic E-state index is 9.23. The Morgan fingerprint density at radius 1 is 0.522 bits per heavy atom. The Hall–Kier alpha value is -0.0800. The van der Waals surface area contributed by atoms with E-state index in [9.17, 15) is 5.11 Å². The Morgan fingerprint density at radius 3 is 1.13 bits per heavy atom. The highest BCUT2D eigenvalue weighted by molar-refractivity contribution is 4.54. The number of aliphatic hydroxyl groups is 2. The lowest BCUT2D eigenvalue weighted by atomic mass is 10.0. The lowest BCUT2D eigenvalue weighted by Gasteiger charge is -2.06. The second-order valence-corrected chi connectivity index (χ2v) is 7.28. The van der Waals surface area contributed by atoms with Crippen molar-refractivity contribution in [1.29, 1.82) is 0 Å². The van der Waals surface area contributed by atoms with Crippen LogP contribution in [0, 0.1) is 0 Å². The summed E-state index contributed by atoms with van der Waals surface area (Å²) in [6.45, 7) is 2.20. The third-order valence-electron chi connectivity index (χ3n) is 4.85. The van der Waals surface area contributed by atoms with Crippen LogP contribution in [0.15, 0.2) is 0 Å². The van der Waals surface area contributed by atoms with E-state index in [1.165, 1.54) is 103 Å². The molecule has 1 atom stereocenters. The van der Waals surface area contributed by atoms with E-state index in [1.54, 1.807) is 0 Å². The van der Waals surface area contributed by atoms with Gasteiger partial charge >= 0.3 is 0 Å². The van der Waals surface area contributed by atoms with Crippen LogP contribution in [0.25, 0.3) is 0 Å². The summed E-state index contributed by atoms with van der Waals surface area (Å²) in [5.41, 5.74) is 0. The van der Waals surface area contributed by atoms with Gasteiger partial charge in [-0.25, -0.2) is 0 Å². The summed E-state index contributed by atoms with van der Waals surface area (Å²) < 4.78 is 0. The average molecular weight is 329 g/mol. The Balaban J connectivity index is 2.97. The Kier molecular flexibility index (Phi) is 19.9. The van der Waals surface area contributed by atoms with E-state index in [0.717, 1.165) is 12.8 Å². The fourth-order valence-electron chi connectivity index (χ4n) is 3.20. The van der Waals surface area contributed by atoms with Crippen LogP contribution >= 0.6 is 0 Å². The molecule has 0 aliphatic heterocycles. The summed E-state index contributed by atoms with van der Waals surface area (Å²) in [7, 11) is 0. The van der Waals surface area contributed by atoms with Crippen molar-refractivity contribution in [1.82, 2.24) is 0 Å². The molecule has 2 nitrogen and oxygen atoms in total. The van der Waals surface area contributed by atoms with Crippen LogP contribution in [-0.4, -0.2) is 22.9 Å². The van der Waals surface area contributed by atoms with E-state index in [0.29, 0.717) is 0 Å². The molecule has 0 aliphatic carbocycles. The molecule has 0 bridgehead atoms. The van der Waals surface area contributed by atoms with Crippen LogP contribution in [0.3, 0.4) is 0 Å². The summed E-state index contributed by atoms with van der Waals surface area (Å²) >= 11 is 0. The zero-order valence-corrected chi connectivity index (χ0v) is 15.9. The van der Waals surface area contributed by atoms with E-state index in [-0.39, 0.29) is 6.61 Å². The maximum Gasteiger partial charge on any atom is 0.0770 e. The Labute approximate surface area is 146 Å². The molecule has 0 rings (SSSR count). The lowest BCUT2D eigenvalue weighted by molar-refractivity contribution is 0.0860. The highest BCUT2D eigenvalue weighted by atomic mass is 16.3. The molecule has 0 radical (unpaired) electrons. The van der Waals surface area contributed by atoms with Crippen LogP contribution < -0.4 is 0 Å². The summed E-state index contributed by atoms with van der Waals surface area (Å²) in [4.78, 5) is 0. The third kappa shape index (κ3) is 19.9.